The van der Waals surface area contributed by atoms with Crippen LogP contribution in [0.5, 0.6) is 0 Å². The summed E-state index contributed by atoms with van der Waals surface area (Å²) in [6, 6.07) is 7.30. The molecule has 0 aliphatic carbocycles. The highest BCUT2D eigenvalue weighted by Gasteiger charge is 2.30. The number of halogens is 3. The van der Waals surface area contributed by atoms with Crippen LogP contribution in [-0.2, 0) is 27.8 Å². The van der Waals surface area contributed by atoms with E-state index in [2.05, 4.69) is 9.82 Å². The summed E-state index contributed by atoms with van der Waals surface area (Å²) in [5.41, 5.74) is 1.73. The van der Waals surface area contributed by atoms with E-state index in [1.165, 1.54) is 4.90 Å². The van der Waals surface area contributed by atoms with Crippen molar-refractivity contribution in [2.24, 2.45) is 0 Å². The number of para-hydroxylation sites is 1. The van der Waals surface area contributed by atoms with Gasteiger partial charge in [0.2, 0.25) is 15.9 Å². The number of carbonyl (C=O) groups excluding carboxylic acids is 1. The summed E-state index contributed by atoms with van der Waals surface area (Å²) < 4.78 is 63.9. The van der Waals surface area contributed by atoms with Crippen LogP contribution in [0.3, 0.4) is 0 Å². The lowest BCUT2D eigenvalue weighted by Crippen LogP contribution is -2.39. The summed E-state index contributed by atoms with van der Waals surface area (Å²) in [4.78, 5) is 13.4. The maximum absolute atomic E-state index is 12.3. The van der Waals surface area contributed by atoms with Crippen molar-refractivity contribution >= 4 is 21.6 Å². The fourth-order valence-corrected chi connectivity index (χ4v) is 3.61. The predicted octanol–water partition coefficient (Wildman–Crippen LogP) is 1.31. The third-order valence-electron chi connectivity index (χ3n) is 3.86. The van der Waals surface area contributed by atoms with Crippen LogP contribution in [0.2, 0.25) is 0 Å². The number of nitrogens with zero attached hydrogens (tertiary/aromatic N) is 3. The monoisotopic (exact) mass is 388 g/mol. The van der Waals surface area contributed by atoms with Gasteiger partial charge in [0, 0.05) is 18.4 Å². The summed E-state index contributed by atoms with van der Waals surface area (Å²) >= 11 is 0. The van der Waals surface area contributed by atoms with Crippen LogP contribution in [0.1, 0.15) is 5.56 Å². The third kappa shape index (κ3) is 4.05. The molecule has 0 atom stereocenters. The van der Waals surface area contributed by atoms with E-state index in [-0.39, 0.29) is 0 Å². The number of fused-ring (bicyclic) bond motifs is 1. The van der Waals surface area contributed by atoms with Crippen molar-refractivity contribution in [2.75, 3.05) is 18.0 Å². The van der Waals surface area contributed by atoms with E-state index in [0.717, 1.165) is 23.6 Å². The molecule has 0 saturated carbocycles. The van der Waals surface area contributed by atoms with Crippen LogP contribution >= 0.6 is 0 Å². The van der Waals surface area contributed by atoms with E-state index in [4.69, 9.17) is 0 Å². The Morgan fingerprint density at radius 2 is 2.00 bits per heavy atom. The first kappa shape index (κ1) is 18.4. The van der Waals surface area contributed by atoms with Gasteiger partial charge in [0.25, 0.3) is 0 Å². The Morgan fingerprint density at radius 3 is 2.73 bits per heavy atom. The first-order valence-electron chi connectivity index (χ1n) is 7.63. The number of amides is 1. The molecule has 7 nitrogen and oxygen atoms in total. The summed E-state index contributed by atoms with van der Waals surface area (Å²) in [6.07, 6.45) is -2.26. The van der Waals surface area contributed by atoms with Gasteiger partial charge in [0.05, 0.1) is 12.7 Å². The number of sulfonamides is 1. The highest BCUT2D eigenvalue weighted by molar-refractivity contribution is 7.89. The van der Waals surface area contributed by atoms with E-state index < -0.39 is 40.1 Å². The second kappa shape index (κ2) is 6.72. The largest absolute Gasteiger partial charge is 0.408 e. The molecule has 0 fully saturated rings. The normalized spacial score (nSPS) is 14.5. The van der Waals surface area contributed by atoms with Gasteiger partial charge in [0.15, 0.2) is 0 Å². The Hall–Kier alpha value is -2.40. The van der Waals surface area contributed by atoms with Crippen LogP contribution in [0.15, 0.2) is 41.6 Å². The van der Waals surface area contributed by atoms with Gasteiger partial charge in [-0.05, 0) is 18.1 Å². The van der Waals surface area contributed by atoms with E-state index in [1.807, 2.05) is 12.1 Å². The zero-order valence-electron chi connectivity index (χ0n) is 13.4. The molecule has 0 spiro atoms. The standard InChI is InChI=1S/C15H15F3N4O3S/c16-15(17,18)10-21-9-12(7-19-21)26(24,25)20-8-14(23)22-6-5-11-3-1-2-4-13(11)22/h1-4,7,9,20H,5-6,8,10H2. The van der Waals surface area contributed by atoms with Crippen molar-refractivity contribution < 1.29 is 26.4 Å². The van der Waals surface area contributed by atoms with Crippen LogP contribution in [0, 0.1) is 0 Å². The molecule has 1 aromatic heterocycles. The molecule has 1 aliphatic heterocycles. The SMILES string of the molecule is O=C(CNS(=O)(=O)c1cnn(CC(F)(F)F)c1)N1CCc2ccccc21. The van der Waals surface area contributed by atoms with Crippen LogP contribution in [-0.4, -0.2) is 43.4 Å². The number of nitrogens with one attached hydrogen (secondary N) is 1. The predicted molar refractivity (Wildman–Crippen MR) is 86.0 cm³/mol. The minimum atomic E-state index is -4.51. The number of aromatic nitrogens is 2. The maximum atomic E-state index is 12.3. The summed E-state index contributed by atoms with van der Waals surface area (Å²) in [6.45, 7) is -1.45. The average molecular weight is 388 g/mol. The lowest BCUT2D eigenvalue weighted by molar-refractivity contribution is -0.142. The zero-order valence-corrected chi connectivity index (χ0v) is 14.2. The molecule has 140 valence electrons. The molecule has 1 N–H and O–H groups in total. The molecular weight excluding hydrogens is 373 g/mol. The minimum absolute atomic E-state index is 0.434. The Balaban J connectivity index is 1.65. The molecule has 2 aromatic rings. The third-order valence-corrected chi connectivity index (χ3v) is 5.22. The van der Waals surface area contributed by atoms with Crippen molar-refractivity contribution in [1.82, 2.24) is 14.5 Å². The van der Waals surface area contributed by atoms with Crippen molar-refractivity contribution in [2.45, 2.75) is 24.0 Å². The maximum Gasteiger partial charge on any atom is 0.408 e. The summed E-state index contributed by atoms with van der Waals surface area (Å²) in [7, 11) is -4.15. The molecule has 0 unspecified atom stereocenters. The number of benzene rings is 1. The molecular formula is C15H15F3N4O3S. The van der Waals surface area contributed by atoms with E-state index in [1.54, 1.807) is 12.1 Å². The second-order valence-corrected chi connectivity index (χ2v) is 7.50. The fourth-order valence-electron chi connectivity index (χ4n) is 2.69. The average Bonchev–Trinajstić information content (AvgIpc) is 3.18. The molecule has 3 rings (SSSR count). The van der Waals surface area contributed by atoms with Gasteiger partial charge in [0.1, 0.15) is 11.4 Å². The van der Waals surface area contributed by atoms with Crippen LogP contribution in [0.25, 0.3) is 0 Å². The number of carbonyl (C=O) groups is 1. The summed E-state index contributed by atoms with van der Waals surface area (Å²) in [5, 5.41) is 3.38. The van der Waals surface area contributed by atoms with Crippen LogP contribution in [0.4, 0.5) is 18.9 Å². The Bertz CT molecular complexity index is 924. The Labute approximate surface area is 147 Å². The smallest absolute Gasteiger partial charge is 0.311 e. The highest BCUT2D eigenvalue weighted by Crippen LogP contribution is 2.27. The number of alkyl halides is 3. The van der Waals surface area contributed by atoms with Crippen molar-refractivity contribution in [3.63, 3.8) is 0 Å². The van der Waals surface area contributed by atoms with Gasteiger partial charge < -0.3 is 4.90 Å². The number of anilines is 1. The van der Waals surface area contributed by atoms with E-state index >= 15 is 0 Å². The molecule has 2 heterocycles. The topological polar surface area (TPSA) is 84.3 Å². The second-order valence-electron chi connectivity index (χ2n) is 5.74. The van der Waals surface area contributed by atoms with Crippen molar-refractivity contribution in [3.05, 3.63) is 42.2 Å². The molecule has 0 bridgehead atoms. The number of hydrogen-bond acceptors (Lipinski definition) is 4. The molecule has 1 aliphatic rings. The van der Waals surface area contributed by atoms with Crippen molar-refractivity contribution in [1.29, 1.82) is 0 Å². The van der Waals surface area contributed by atoms with Gasteiger partial charge in [-0.2, -0.15) is 18.3 Å². The van der Waals surface area contributed by atoms with Gasteiger partial charge in [-0.25, -0.2) is 13.1 Å². The molecule has 0 saturated heterocycles. The van der Waals surface area contributed by atoms with Crippen LogP contribution < -0.4 is 9.62 Å². The molecule has 1 amide bonds. The first-order valence-corrected chi connectivity index (χ1v) is 9.11. The van der Waals surface area contributed by atoms with Gasteiger partial charge in [-0.1, -0.05) is 18.2 Å². The fraction of sp³-hybridized carbons (Fsp3) is 0.333. The van der Waals surface area contributed by atoms with Gasteiger partial charge in [-0.15, -0.1) is 0 Å². The quantitative estimate of drug-likeness (QED) is 0.837. The minimum Gasteiger partial charge on any atom is -0.311 e. The first-order chi connectivity index (χ1) is 12.2. The molecule has 0 radical (unpaired) electrons. The molecule has 26 heavy (non-hydrogen) atoms. The lowest BCUT2D eigenvalue weighted by Gasteiger charge is -2.17. The number of hydrogen-bond donors (Lipinski definition) is 1. The Kier molecular flexibility index (Phi) is 4.76. The molecule has 11 heteroatoms. The highest BCUT2D eigenvalue weighted by atomic mass is 32.2. The van der Waals surface area contributed by atoms with Gasteiger partial charge >= 0.3 is 6.18 Å². The number of rotatable bonds is 5. The van der Waals surface area contributed by atoms with Crippen molar-refractivity contribution in [3.8, 4) is 0 Å². The van der Waals surface area contributed by atoms with Gasteiger partial charge in [-0.3, -0.25) is 9.48 Å². The van der Waals surface area contributed by atoms with E-state index in [0.29, 0.717) is 17.6 Å². The lowest BCUT2D eigenvalue weighted by atomic mass is 10.2. The Morgan fingerprint density at radius 1 is 1.27 bits per heavy atom. The zero-order chi connectivity index (χ0) is 18.9. The molecule has 1 aromatic carbocycles. The summed E-state index contributed by atoms with van der Waals surface area (Å²) in [5.74, 6) is -0.443. The van der Waals surface area contributed by atoms with E-state index in [9.17, 15) is 26.4 Å².